The number of carbonyl (C=O) groups excluding carboxylic acids is 1. The molecule has 0 amide bonds. The van der Waals surface area contributed by atoms with Crippen LogP contribution < -0.4 is 4.57 Å². The van der Waals surface area contributed by atoms with Crippen LogP contribution in [0, 0.1) is 29.9 Å². The Hall–Kier alpha value is -3.31. The SMILES string of the molecule is CCC(C)(CC)C(=O)/C=C(\O)C(C)(CC)CC.[CH2-][n+]1ccc(-c2cnc(CC(C)C)c3sccc23)cc1-c1[c-]c2ccccc2c(C(C)(C)C)c1.[Ir]. The maximum absolute atomic E-state index is 12.2. The fraction of sp³-hybridized carbons (Fsp3) is 0.435. The van der Waals surface area contributed by atoms with Gasteiger partial charge in [0.2, 0.25) is 0 Å². The summed E-state index contributed by atoms with van der Waals surface area (Å²) in [5.74, 6) is 0.867. The van der Waals surface area contributed by atoms with Crippen LogP contribution in [0.2, 0.25) is 0 Å². The molecule has 4 nitrogen and oxygen atoms in total. The Balaban J connectivity index is 0.000000347. The van der Waals surface area contributed by atoms with Crippen LogP contribution >= 0.6 is 11.3 Å². The van der Waals surface area contributed by atoms with E-state index in [1.54, 1.807) is 11.3 Å². The van der Waals surface area contributed by atoms with Crippen molar-refractivity contribution in [3.8, 4) is 22.4 Å². The Labute approximate surface area is 331 Å². The molecule has 0 aliphatic carbocycles. The van der Waals surface area contributed by atoms with Gasteiger partial charge in [0.15, 0.2) is 5.78 Å². The van der Waals surface area contributed by atoms with Gasteiger partial charge in [0.05, 0.1) is 16.6 Å². The van der Waals surface area contributed by atoms with Crippen LogP contribution in [0.3, 0.4) is 0 Å². The molecule has 0 fully saturated rings. The van der Waals surface area contributed by atoms with E-state index in [0.29, 0.717) is 5.92 Å². The molecule has 5 aromatic rings. The molecular weight excluding hydrogens is 837 g/mol. The van der Waals surface area contributed by atoms with Gasteiger partial charge in [-0.3, -0.25) is 9.78 Å². The molecule has 3 aromatic heterocycles. The van der Waals surface area contributed by atoms with Crippen molar-refractivity contribution in [2.75, 3.05) is 0 Å². The number of allylic oxidation sites excluding steroid dienone is 2. The first-order chi connectivity index (χ1) is 24.0. The molecular formula is C46H59IrN2O2S-. The molecule has 0 saturated carbocycles. The number of thiophene rings is 1. The summed E-state index contributed by atoms with van der Waals surface area (Å²) < 4.78 is 3.24. The third-order valence-corrected chi connectivity index (χ3v) is 11.9. The van der Waals surface area contributed by atoms with Crippen molar-refractivity contribution in [3.05, 3.63) is 103 Å². The number of carbonyl (C=O) groups is 1. The first-order valence-electron chi connectivity index (χ1n) is 18.6. The second-order valence-corrected chi connectivity index (χ2v) is 16.9. The molecule has 0 spiro atoms. The summed E-state index contributed by atoms with van der Waals surface area (Å²) in [6, 6.07) is 21.1. The van der Waals surface area contributed by atoms with Crippen LogP contribution in [0.15, 0.2) is 78.1 Å². The number of aromatic nitrogens is 2. The Kier molecular flexibility index (Phi) is 14.6. The van der Waals surface area contributed by atoms with E-state index in [0.717, 1.165) is 54.3 Å². The molecule has 0 atom stereocenters. The van der Waals surface area contributed by atoms with E-state index < -0.39 is 0 Å². The molecule has 1 radical (unpaired) electrons. The van der Waals surface area contributed by atoms with Gasteiger partial charge in [-0.05, 0) is 72.6 Å². The molecule has 0 unspecified atom stereocenters. The third kappa shape index (κ3) is 9.43. The number of nitrogens with zero attached hydrogens (tertiary/aromatic N) is 2. The number of aliphatic hydroxyl groups excluding tert-OH is 1. The van der Waals surface area contributed by atoms with E-state index in [2.05, 4.69) is 102 Å². The van der Waals surface area contributed by atoms with Crippen molar-refractivity contribution in [2.24, 2.45) is 16.7 Å². The van der Waals surface area contributed by atoms with Gasteiger partial charge >= 0.3 is 0 Å². The van der Waals surface area contributed by atoms with Crippen molar-refractivity contribution in [1.29, 1.82) is 0 Å². The molecule has 0 bridgehead atoms. The van der Waals surface area contributed by atoms with Crippen molar-refractivity contribution < 1.29 is 34.6 Å². The van der Waals surface area contributed by atoms with Crippen molar-refractivity contribution >= 4 is 38.0 Å². The monoisotopic (exact) mass is 896 g/mol. The smallest absolute Gasteiger partial charge is 0.164 e. The van der Waals surface area contributed by atoms with Gasteiger partial charge in [0.1, 0.15) is 11.5 Å². The van der Waals surface area contributed by atoms with Crippen LogP contribution in [-0.2, 0) is 36.7 Å². The average Bonchev–Trinajstić information content (AvgIpc) is 3.61. The van der Waals surface area contributed by atoms with Crippen LogP contribution in [0.4, 0.5) is 0 Å². The summed E-state index contributed by atoms with van der Waals surface area (Å²) >= 11 is 1.79. The predicted molar refractivity (Wildman–Crippen MR) is 218 cm³/mol. The summed E-state index contributed by atoms with van der Waals surface area (Å²) in [7, 11) is 4.29. The van der Waals surface area contributed by atoms with E-state index >= 15 is 0 Å². The molecule has 3 heterocycles. The predicted octanol–water partition coefficient (Wildman–Crippen LogP) is 12.7. The number of rotatable bonds is 11. The van der Waals surface area contributed by atoms with E-state index in [1.165, 1.54) is 38.4 Å². The zero-order valence-corrected chi connectivity index (χ0v) is 36.5. The maximum Gasteiger partial charge on any atom is 0.164 e. The second-order valence-electron chi connectivity index (χ2n) is 16.0. The molecule has 52 heavy (non-hydrogen) atoms. The van der Waals surface area contributed by atoms with E-state index in [4.69, 9.17) is 4.98 Å². The summed E-state index contributed by atoms with van der Waals surface area (Å²) in [6.45, 7) is 23.4. The minimum absolute atomic E-state index is 0. The van der Waals surface area contributed by atoms with Gasteiger partial charge in [-0.25, -0.2) is 0 Å². The van der Waals surface area contributed by atoms with Gasteiger partial charge < -0.3 is 9.67 Å². The number of ketones is 1. The van der Waals surface area contributed by atoms with Crippen LogP contribution in [-0.4, -0.2) is 15.9 Å². The largest absolute Gasteiger partial charge is 0.512 e. The molecule has 2 aromatic carbocycles. The standard InChI is InChI=1S/C31H31N2S.C15H28O2.Ir/c1-20(2)15-28-30-25(12-14-34-30)26(19-32-28)22-11-13-33(6)29(18-22)23-16-21-9-7-8-10-24(21)27(17-23)31(3,4)5;1-7-14(5,8-2)12(16)11-13(17)15(6,9-3)10-4;/h7-14,17-20H,6,15H2,1-5H3;11,16H,7-10H2,1-6H3;/q-1;;/b;12-11-;. The topological polar surface area (TPSA) is 54.1 Å². The fourth-order valence-electron chi connectivity index (χ4n) is 6.38. The number of benzene rings is 2. The molecule has 281 valence electrons. The number of hydrogen-bond acceptors (Lipinski definition) is 4. The Morgan fingerprint density at radius 2 is 1.58 bits per heavy atom. The fourth-order valence-corrected chi connectivity index (χ4v) is 7.30. The van der Waals surface area contributed by atoms with Crippen LogP contribution in [0.25, 0.3) is 43.2 Å². The third-order valence-electron chi connectivity index (χ3n) is 11.0. The number of fused-ring (bicyclic) bond motifs is 2. The van der Waals surface area contributed by atoms with E-state index in [1.807, 2.05) is 58.5 Å². The zero-order chi connectivity index (χ0) is 37.7. The Morgan fingerprint density at radius 3 is 2.17 bits per heavy atom. The molecule has 6 heteroatoms. The number of aliphatic hydroxyl groups is 1. The van der Waals surface area contributed by atoms with Gasteiger partial charge in [-0.1, -0.05) is 105 Å². The Morgan fingerprint density at radius 1 is 0.942 bits per heavy atom. The second kappa shape index (κ2) is 17.7. The minimum atomic E-state index is -0.337. The zero-order valence-electron chi connectivity index (χ0n) is 33.2. The van der Waals surface area contributed by atoms with Crippen LogP contribution in [0.5, 0.6) is 0 Å². The van der Waals surface area contributed by atoms with Crippen LogP contribution in [0.1, 0.15) is 113 Å². The molecule has 1 N–H and O–H groups in total. The molecule has 0 aliphatic heterocycles. The van der Waals surface area contributed by atoms with Gasteiger partial charge in [0, 0.05) is 61.2 Å². The summed E-state index contributed by atoms with van der Waals surface area (Å²) in [6.07, 6.45) is 9.84. The van der Waals surface area contributed by atoms with Gasteiger partial charge in [-0.15, -0.1) is 40.5 Å². The quantitative estimate of drug-likeness (QED) is 0.0622. The van der Waals surface area contributed by atoms with E-state index in [9.17, 15) is 9.90 Å². The van der Waals surface area contributed by atoms with E-state index in [-0.39, 0.29) is 47.9 Å². The molecule has 5 rings (SSSR count). The first kappa shape index (κ1) is 43.1. The normalized spacial score (nSPS) is 12.5. The molecule has 0 aliphatic rings. The van der Waals surface area contributed by atoms with Crippen molar-refractivity contribution in [2.45, 2.75) is 114 Å². The first-order valence-corrected chi connectivity index (χ1v) is 19.5. The van der Waals surface area contributed by atoms with Crippen molar-refractivity contribution in [1.82, 2.24) is 4.98 Å². The van der Waals surface area contributed by atoms with Gasteiger partial charge in [0.25, 0.3) is 0 Å². The average molecular weight is 896 g/mol. The summed E-state index contributed by atoms with van der Waals surface area (Å²) in [5.41, 5.74) is 6.37. The summed E-state index contributed by atoms with van der Waals surface area (Å²) in [5, 5.41) is 16.0. The summed E-state index contributed by atoms with van der Waals surface area (Å²) in [4.78, 5) is 17.1. The van der Waals surface area contributed by atoms with Crippen molar-refractivity contribution in [3.63, 3.8) is 0 Å². The molecule has 0 saturated heterocycles. The maximum atomic E-state index is 12.2. The number of pyridine rings is 2. The minimum Gasteiger partial charge on any atom is -0.512 e. The number of hydrogen-bond donors (Lipinski definition) is 1. The van der Waals surface area contributed by atoms with Gasteiger partial charge in [-0.2, -0.15) is 0 Å². The Bertz CT molecular complexity index is 2010.